The molecule has 1 atom stereocenters. The van der Waals surface area contributed by atoms with Crippen LogP contribution in [0.4, 0.5) is 5.69 Å². The molecule has 0 aromatic heterocycles. The van der Waals surface area contributed by atoms with Crippen molar-refractivity contribution < 1.29 is 0 Å². The molecule has 1 aromatic rings. The highest BCUT2D eigenvalue weighted by atomic mass is 35.5. The van der Waals surface area contributed by atoms with Crippen LogP contribution in [-0.2, 0) is 0 Å². The minimum atomic E-state index is 0.0503. The summed E-state index contributed by atoms with van der Waals surface area (Å²) in [5, 5.41) is 0.859. The van der Waals surface area contributed by atoms with Gasteiger partial charge in [0.05, 0.1) is 10.7 Å². The van der Waals surface area contributed by atoms with Crippen molar-refractivity contribution in [1.29, 1.82) is 0 Å². The van der Waals surface area contributed by atoms with Gasteiger partial charge in [-0.3, -0.25) is 0 Å². The maximum Gasteiger partial charge on any atom is 0.0642 e. The van der Waals surface area contributed by atoms with Gasteiger partial charge in [0.15, 0.2) is 0 Å². The van der Waals surface area contributed by atoms with Gasteiger partial charge in [-0.2, -0.15) is 0 Å². The fourth-order valence-corrected chi connectivity index (χ4v) is 2.75. The van der Waals surface area contributed by atoms with E-state index < -0.39 is 0 Å². The molecule has 0 bridgehead atoms. The zero-order chi connectivity index (χ0) is 12.7. The molecule has 3 rings (SSSR count). The third-order valence-corrected chi connectivity index (χ3v) is 4.25. The summed E-state index contributed by atoms with van der Waals surface area (Å²) in [6, 6.07) is 7.08. The second-order valence-electron chi connectivity index (χ2n) is 5.83. The highest BCUT2D eigenvalue weighted by molar-refractivity contribution is 6.33. The van der Waals surface area contributed by atoms with Crippen molar-refractivity contribution in [2.24, 2.45) is 11.7 Å². The van der Waals surface area contributed by atoms with Gasteiger partial charge in [-0.15, -0.1) is 0 Å². The second-order valence-corrected chi connectivity index (χ2v) is 6.23. The molecule has 2 N–H and O–H groups in total. The SMILES string of the molecule is C[C@H](N)c1ccc(N(CC2CC2)C2CC2)c(Cl)c1. The zero-order valence-electron chi connectivity index (χ0n) is 10.9. The summed E-state index contributed by atoms with van der Waals surface area (Å²) in [6.07, 6.45) is 5.41. The number of hydrogen-bond acceptors (Lipinski definition) is 2. The van der Waals surface area contributed by atoms with Gasteiger partial charge in [-0.05, 0) is 56.2 Å². The predicted octanol–water partition coefficient (Wildman–Crippen LogP) is 3.74. The van der Waals surface area contributed by atoms with E-state index in [1.54, 1.807) is 0 Å². The molecular formula is C15H21ClN2. The quantitative estimate of drug-likeness (QED) is 0.878. The van der Waals surface area contributed by atoms with E-state index in [1.165, 1.54) is 37.9 Å². The summed E-state index contributed by atoms with van der Waals surface area (Å²) in [5.41, 5.74) is 8.22. The predicted molar refractivity (Wildman–Crippen MR) is 77.1 cm³/mol. The highest BCUT2D eigenvalue weighted by Gasteiger charge is 2.34. The lowest BCUT2D eigenvalue weighted by Crippen LogP contribution is -2.28. The Balaban J connectivity index is 1.83. The number of hydrogen-bond donors (Lipinski definition) is 1. The van der Waals surface area contributed by atoms with Crippen molar-refractivity contribution in [3.05, 3.63) is 28.8 Å². The maximum absolute atomic E-state index is 6.45. The van der Waals surface area contributed by atoms with Gasteiger partial charge in [0, 0.05) is 18.6 Å². The second kappa shape index (κ2) is 4.75. The van der Waals surface area contributed by atoms with E-state index >= 15 is 0 Å². The van der Waals surface area contributed by atoms with Crippen molar-refractivity contribution in [3.8, 4) is 0 Å². The lowest BCUT2D eigenvalue weighted by atomic mass is 10.1. The van der Waals surface area contributed by atoms with Crippen LogP contribution in [0.2, 0.25) is 5.02 Å². The van der Waals surface area contributed by atoms with Crippen molar-refractivity contribution in [1.82, 2.24) is 0 Å². The first-order chi connectivity index (χ1) is 8.65. The van der Waals surface area contributed by atoms with Gasteiger partial charge < -0.3 is 10.6 Å². The first-order valence-corrected chi connectivity index (χ1v) is 7.34. The molecule has 0 aliphatic heterocycles. The van der Waals surface area contributed by atoms with Gasteiger partial charge in [-0.25, -0.2) is 0 Å². The van der Waals surface area contributed by atoms with Crippen molar-refractivity contribution in [2.75, 3.05) is 11.4 Å². The van der Waals surface area contributed by atoms with Gasteiger partial charge in [0.25, 0.3) is 0 Å². The lowest BCUT2D eigenvalue weighted by Gasteiger charge is -2.26. The van der Waals surface area contributed by atoms with E-state index in [1.807, 2.05) is 13.0 Å². The summed E-state index contributed by atoms with van der Waals surface area (Å²) < 4.78 is 0. The molecule has 2 fully saturated rings. The standard InChI is InChI=1S/C15H21ClN2/c1-10(17)12-4-7-15(14(16)8-12)18(13-5-6-13)9-11-2-3-11/h4,7-8,10-11,13H,2-3,5-6,9,17H2,1H3/t10-/m0/s1. The highest BCUT2D eigenvalue weighted by Crippen LogP contribution is 2.40. The summed E-state index contributed by atoms with van der Waals surface area (Å²) in [5.74, 6) is 0.898. The summed E-state index contributed by atoms with van der Waals surface area (Å²) in [4.78, 5) is 2.52. The number of rotatable bonds is 5. The Morgan fingerprint density at radius 2 is 2.06 bits per heavy atom. The first-order valence-electron chi connectivity index (χ1n) is 6.97. The van der Waals surface area contributed by atoms with Crippen LogP contribution in [0.15, 0.2) is 18.2 Å². The normalized spacial score (nSPS) is 20.8. The fourth-order valence-electron chi connectivity index (χ4n) is 2.45. The topological polar surface area (TPSA) is 29.3 Å². The average Bonchev–Trinajstić information content (AvgIpc) is 3.19. The Kier molecular flexibility index (Phi) is 3.25. The fraction of sp³-hybridized carbons (Fsp3) is 0.600. The number of anilines is 1. The molecule has 0 amide bonds. The minimum Gasteiger partial charge on any atom is -0.367 e. The van der Waals surface area contributed by atoms with Crippen LogP contribution in [-0.4, -0.2) is 12.6 Å². The van der Waals surface area contributed by atoms with Crippen molar-refractivity contribution in [2.45, 2.75) is 44.7 Å². The molecule has 0 saturated heterocycles. The van der Waals surface area contributed by atoms with Gasteiger partial charge in [0.2, 0.25) is 0 Å². The van der Waals surface area contributed by atoms with E-state index in [4.69, 9.17) is 17.3 Å². The largest absolute Gasteiger partial charge is 0.367 e. The molecule has 2 nitrogen and oxygen atoms in total. The molecule has 98 valence electrons. The van der Waals surface area contributed by atoms with Gasteiger partial charge in [-0.1, -0.05) is 17.7 Å². The van der Waals surface area contributed by atoms with E-state index in [0.29, 0.717) is 0 Å². The monoisotopic (exact) mass is 264 g/mol. The molecule has 2 aliphatic rings. The average molecular weight is 265 g/mol. The number of nitrogens with zero attached hydrogens (tertiary/aromatic N) is 1. The molecular weight excluding hydrogens is 244 g/mol. The molecule has 0 radical (unpaired) electrons. The van der Waals surface area contributed by atoms with Crippen molar-refractivity contribution >= 4 is 17.3 Å². The van der Waals surface area contributed by atoms with E-state index in [-0.39, 0.29) is 6.04 Å². The van der Waals surface area contributed by atoms with Crippen LogP contribution < -0.4 is 10.6 Å². The van der Waals surface area contributed by atoms with Gasteiger partial charge in [0.1, 0.15) is 0 Å². The van der Waals surface area contributed by atoms with Crippen LogP contribution in [0.3, 0.4) is 0 Å². The number of benzene rings is 1. The summed E-state index contributed by atoms with van der Waals surface area (Å²) in [7, 11) is 0. The smallest absolute Gasteiger partial charge is 0.0642 e. The van der Waals surface area contributed by atoms with Gasteiger partial charge >= 0.3 is 0 Å². The van der Waals surface area contributed by atoms with Crippen molar-refractivity contribution in [3.63, 3.8) is 0 Å². The van der Waals surface area contributed by atoms with Crippen LogP contribution in [0.25, 0.3) is 0 Å². The third kappa shape index (κ3) is 2.65. The molecule has 2 aliphatic carbocycles. The molecule has 0 heterocycles. The minimum absolute atomic E-state index is 0.0503. The zero-order valence-corrected chi connectivity index (χ0v) is 11.7. The maximum atomic E-state index is 6.45. The Labute approximate surface area is 114 Å². The van der Waals surface area contributed by atoms with Crippen LogP contribution in [0, 0.1) is 5.92 Å². The molecule has 1 aromatic carbocycles. The Morgan fingerprint density at radius 3 is 2.56 bits per heavy atom. The van der Waals surface area contributed by atoms with Crippen LogP contribution in [0.1, 0.15) is 44.2 Å². The number of nitrogens with two attached hydrogens (primary N) is 1. The number of halogens is 1. The third-order valence-electron chi connectivity index (χ3n) is 3.95. The van der Waals surface area contributed by atoms with E-state index in [2.05, 4.69) is 17.0 Å². The van der Waals surface area contributed by atoms with E-state index in [9.17, 15) is 0 Å². The summed E-state index contributed by atoms with van der Waals surface area (Å²) in [6.45, 7) is 3.18. The molecule has 0 unspecified atom stereocenters. The molecule has 0 spiro atoms. The van der Waals surface area contributed by atoms with E-state index in [0.717, 1.165) is 22.5 Å². The van der Waals surface area contributed by atoms with Crippen LogP contribution in [0.5, 0.6) is 0 Å². The Hall–Kier alpha value is -0.730. The molecule has 3 heteroatoms. The molecule has 2 saturated carbocycles. The first kappa shape index (κ1) is 12.3. The molecule has 18 heavy (non-hydrogen) atoms. The Morgan fingerprint density at radius 1 is 1.33 bits per heavy atom. The lowest BCUT2D eigenvalue weighted by molar-refractivity contribution is 0.718. The Bertz CT molecular complexity index is 436. The van der Waals surface area contributed by atoms with Crippen LogP contribution >= 0.6 is 11.6 Å². The summed E-state index contributed by atoms with van der Waals surface area (Å²) >= 11 is 6.45.